The third-order valence-electron chi connectivity index (χ3n) is 6.04. The van der Waals surface area contributed by atoms with Crippen molar-refractivity contribution in [3.8, 4) is 5.75 Å². The number of nitrogens with one attached hydrogen (secondary N) is 1. The van der Waals surface area contributed by atoms with Crippen LogP contribution in [0.15, 0.2) is 75.0 Å². The topological polar surface area (TPSA) is 118 Å². The van der Waals surface area contributed by atoms with Gasteiger partial charge >= 0.3 is 6.03 Å². The van der Waals surface area contributed by atoms with Gasteiger partial charge in [0.25, 0.3) is 11.8 Å². The Balaban J connectivity index is 1.40. The van der Waals surface area contributed by atoms with Gasteiger partial charge in [0.1, 0.15) is 29.9 Å². The van der Waals surface area contributed by atoms with Gasteiger partial charge in [-0.1, -0.05) is 0 Å². The number of hydrazone groups is 1. The summed E-state index contributed by atoms with van der Waals surface area (Å²) in [6.07, 6.45) is 3.35. The molecular weight excluding hydrogens is 440 g/mol. The number of amides is 4. The second-order valence-electron chi connectivity index (χ2n) is 8.17. The summed E-state index contributed by atoms with van der Waals surface area (Å²) in [6, 6.07) is 12.9. The van der Waals surface area contributed by atoms with Crippen molar-refractivity contribution in [2.45, 2.75) is 24.9 Å². The van der Waals surface area contributed by atoms with E-state index in [1.165, 1.54) is 24.5 Å². The summed E-state index contributed by atoms with van der Waals surface area (Å²) in [7, 11) is 1.59. The minimum Gasteiger partial charge on any atom is -0.497 e. The molecule has 2 aliphatic heterocycles. The molecule has 0 radical (unpaired) electrons. The Hall–Kier alpha value is -4.34. The van der Waals surface area contributed by atoms with E-state index in [4.69, 9.17) is 13.6 Å². The molecule has 10 nitrogen and oxygen atoms in total. The van der Waals surface area contributed by atoms with Crippen LogP contribution in [0.3, 0.4) is 0 Å². The monoisotopic (exact) mass is 462 g/mol. The number of carbonyl (C=O) groups excluding carboxylic acids is 3. The summed E-state index contributed by atoms with van der Waals surface area (Å²) >= 11 is 0. The molecule has 174 valence electrons. The Kier molecular flexibility index (Phi) is 5.20. The molecule has 0 aliphatic carbocycles. The number of hydrogen-bond donors (Lipinski definition) is 1. The second-order valence-corrected chi connectivity index (χ2v) is 8.17. The number of methoxy groups -OCH3 is 1. The summed E-state index contributed by atoms with van der Waals surface area (Å²) in [5, 5.41) is 8.44. The fourth-order valence-electron chi connectivity index (χ4n) is 4.18. The molecule has 2 atom stereocenters. The van der Waals surface area contributed by atoms with Crippen LogP contribution in [0.2, 0.25) is 0 Å². The van der Waals surface area contributed by atoms with Gasteiger partial charge in [-0.2, -0.15) is 5.10 Å². The zero-order valence-corrected chi connectivity index (χ0v) is 18.6. The number of ether oxygens (including phenoxy) is 1. The molecule has 1 aromatic carbocycles. The molecule has 0 saturated carbocycles. The molecule has 0 spiro atoms. The second kappa shape index (κ2) is 8.22. The van der Waals surface area contributed by atoms with E-state index in [2.05, 4.69) is 10.4 Å². The molecule has 2 aromatic heterocycles. The fourth-order valence-corrected chi connectivity index (χ4v) is 4.18. The van der Waals surface area contributed by atoms with Crippen LogP contribution in [0.4, 0.5) is 4.79 Å². The van der Waals surface area contributed by atoms with Crippen LogP contribution in [0.5, 0.6) is 5.75 Å². The van der Waals surface area contributed by atoms with Gasteiger partial charge in [-0.3, -0.25) is 14.5 Å². The predicted octanol–water partition coefficient (Wildman–Crippen LogP) is 3.03. The average Bonchev–Trinajstić information content (AvgIpc) is 3.64. The number of imide groups is 1. The molecule has 34 heavy (non-hydrogen) atoms. The fraction of sp³-hybridized carbons (Fsp3) is 0.250. The summed E-state index contributed by atoms with van der Waals surface area (Å²) < 4.78 is 16.1. The summed E-state index contributed by atoms with van der Waals surface area (Å²) in [4.78, 5) is 39.9. The van der Waals surface area contributed by atoms with Crippen molar-refractivity contribution in [3.63, 3.8) is 0 Å². The van der Waals surface area contributed by atoms with Crippen LogP contribution in [0.1, 0.15) is 36.5 Å². The number of carbonyl (C=O) groups is 3. The van der Waals surface area contributed by atoms with E-state index < -0.39 is 36.0 Å². The van der Waals surface area contributed by atoms with Crippen molar-refractivity contribution < 1.29 is 28.0 Å². The highest BCUT2D eigenvalue weighted by molar-refractivity contribution is 6.09. The number of furan rings is 2. The first kappa shape index (κ1) is 21.5. The van der Waals surface area contributed by atoms with E-state index in [0.717, 1.165) is 10.5 Å². The van der Waals surface area contributed by atoms with Crippen molar-refractivity contribution >= 4 is 23.6 Å². The van der Waals surface area contributed by atoms with E-state index in [1.807, 2.05) is 24.3 Å². The first-order valence-electron chi connectivity index (χ1n) is 10.7. The third-order valence-corrected chi connectivity index (χ3v) is 6.04. The lowest BCUT2D eigenvalue weighted by molar-refractivity contribution is -0.140. The smallest absolute Gasteiger partial charge is 0.325 e. The predicted molar refractivity (Wildman–Crippen MR) is 119 cm³/mol. The lowest BCUT2D eigenvalue weighted by Crippen LogP contribution is -2.43. The molecule has 5 rings (SSSR count). The molecule has 0 bridgehead atoms. The van der Waals surface area contributed by atoms with Gasteiger partial charge in [0, 0.05) is 6.42 Å². The van der Waals surface area contributed by atoms with Gasteiger partial charge in [-0.15, -0.1) is 0 Å². The highest BCUT2D eigenvalue weighted by atomic mass is 16.5. The van der Waals surface area contributed by atoms with E-state index in [9.17, 15) is 14.4 Å². The molecule has 1 fully saturated rings. The van der Waals surface area contributed by atoms with Crippen LogP contribution in [-0.4, -0.2) is 47.1 Å². The largest absolute Gasteiger partial charge is 0.497 e. The van der Waals surface area contributed by atoms with Gasteiger partial charge in [0.05, 0.1) is 25.3 Å². The molecular formula is C24H22N4O6. The molecule has 2 aliphatic rings. The van der Waals surface area contributed by atoms with Crippen molar-refractivity contribution in [1.82, 2.24) is 15.2 Å². The number of nitrogens with zero attached hydrogens (tertiary/aromatic N) is 3. The van der Waals surface area contributed by atoms with Crippen LogP contribution in [-0.2, 0) is 15.1 Å². The highest BCUT2D eigenvalue weighted by Gasteiger charge is 2.52. The average molecular weight is 462 g/mol. The Bertz CT molecular complexity index is 1250. The molecule has 1 saturated heterocycles. The van der Waals surface area contributed by atoms with Crippen molar-refractivity contribution in [2.24, 2.45) is 5.10 Å². The summed E-state index contributed by atoms with van der Waals surface area (Å²) in [5.41, 5.74) is 0.118. The van der Waals surface area contributed by atoms with E-state index in [-0.39, 0.29) is 5.76 Å². The van der Waals surface area contributed by atoms with Crippen LogP contribution >= 0.6 is 0 Å². The quantitative estimate of drug-likeness (QED) is 0.563. The van der Waals surface area contributed by atoms with Crippen LogP contribution < -0.4 is 10.1 Å². The molecule has 3 aromatic rings. The Labute approximate surface area is 194 Å². The van der Waals surface area contributed by atoms with E-state index >= 15 is 0 Å². The zero-order valence-electron chi connectivity index (χ0n) is 18.6. The maximum absolute atomic E-state index is 13.3. The first-order valence-corrected chi connectivity index (χ1v) is 10.7. The first-order chi connectivity index (χ1) is 16.4. The van der Waals surface area contributed by atoms with Crippen molar-refractivity contribution in [1.29, 1.82) is 0 Å². The van der Waals surface area contributed by atoms with Crippen molar-refractivity contribution in [3.05, 3.63) is 78.1 Å². The standard InChI is InChI=1S/C24H22N4O6/c1-24(20-6-4-12-34-20)22(30)27(23(31)25-24)14-21(29)28-18(19-5-3-11-33-19)13-17(26-28)15-7-9-16(32-2)10-8-15/h3-12,18H,13-14H2,1-2H3,(H,25,31)/t18-,24-/m0/s1. The van der Waals surface area contributed by atoms with E-state index in [0.29, 0.717) is 23.6 Å². The molecule has 4 amide bonds. The van der Waals surface area contributed by atoms with Gasteiger partial charge in [-0.05, 0) is 61.0 Å². The number of hydrogen-bond acceptors (Lipinski definition) is 7. The third kappa shape index (κ3) is 3.53. The van der Waals surface area contributed by atoms with Gasteiger partial charge < -0.3 is 18.9 Å². The molecule has 10 heteroatoms. The maximum atomic E-state index is 13.3. The minimum atomic E-state index is -1.39. The Morgan fingerprint density at radius 2 is 1.88 bits per heavy atom. The van der Waals surface area contributed by atoms with Crippen molar-refractivity contribution in [2.75, 3.05) is 13.7 Å². The Morgan fingerprint density at radius 3 is 2.53 bits per heavy atom. The highest BCUT2D eigenvalue weighted by Crippen LogP contribution is 2.34. The van der Waals surface area contributed by atoms with Gasteiger partial charge in [0.15, 0.2) is 5.54 Å². The number of urea groups is 1. The summed E-state index contributed by atoms with van der Waals surface area (Å²) in [6.45, 7) is 1.07. The lowest BCUT2D eigenvalue weighted by Gasteiger charge is -2.23. The lowest BCUT2D eigenvalue weighted by atomic mass is 9.99. The number of benzene rings is 1. The number of rotatable bonds is 6. The van der Waals surface area contributed by atoms with Gasteiger partial charge in [0.2, 0.25) is 0 Å². The van der Waals surface area contributed by atoms with Gasteiger partial charge in [-0.25, -0.2) is 9.80 Å². The van der Waals surface area contributed by atoms with Crippen LogP contribution in [0.25, 0.3) is 0 Å². The maximum Gasteiger partial charge on any atom is 0.325 e. The molecule has 4 heterocycles. The van der Waals surface area contributed by atoms with Crippen LogP contribution in [0, 0.1) is 0 Å². The normalized spacial score (nSPS) is 22.2. The molecule has 1 N–H and O–H groups in total. The summed E-state index contributed by atoms with van der Waals surface area (Å²) in [5.74, 6) is 0.454. The Morgan fingerprint density at radius 1 is 1.15 bits per heavy atom. The minimum absolute atomic E-state index is 0.287. The molecule has 0 unspecified atom stereocenters. The SMILES string of the molecule is COc1ccc(C2=NN(C(=O)CN3C(=O)N[C@@](C)(c4ccco4)C3=O)[C@H](c3ccco3)C2)cc1. The zero-order chi connectivity index (χ0) is 23.9. The van der Waals surface area contributed by atoms with E-state index in [1.54, 1.807) is 31.4 Å².